The standard InChI is InChI=1S/C18H15NO3/c1-12-6-5-7-13(10-12)17(20)16-11-14(18(21)22-2)15-8-3-4-9-19(15)16/h3-11H,1-2H3. The third-order valence-electron chi connectivity index (χ3n) is 3.59. The molecule has 0 fully saturated rings. The van der Waals surface area contributed by atoms with Crippen molar-refractivity contribution in [2.45, 2.75) is 6.92 Å². The molecule has 3 rings (SSSR count). The number of esters is 1. The summed E-state index contributed by atoms with van der Waals surface area (Å²) in [5, 5.41) is 0. The molecule has 2 heterocycles. The lowest BCUT2D eigenvalue weighted by Crippen LogP contribution is -2.05. The first-order chi connectivity index (χ1) is 10.6. The van der Waals surface area contributed by atoms with Gasteiger partial charge < -0.3 is 9.14 Å². The van der Waals surface area contributed by atoms with Crippen molar-refractivity contribution in [1.82, 2.24) is 4.40 Å². The monoisotopic (exact) mass is 293 g/mol. The van der Waals surface area contributed by atoms with Gasteiger partial charge in [-0.25, -0.2) is 4.79 Å². The minimum Gasteiger partial charge on any atom is -0.465 e. The molecule has 3 aromatic rings. The Kier molecular flexibility index (Phi) is 3.51. The third kappa shape index (κ3) is 2.29. The van der Waals surface area contributed by atoms with Crippen LogP contribution in [0.1, 0.15) is 32.0 Å². The predicted molar refractivity (Wildman–Crippen MR) is 83.3 cm³/mol. The second-order valence-electron chi connectivity index (χ2n) is 5.09. The fraction of sp³-hybridized carbons (Fsp3) is 0.111. The molecule has 0 aliphatic carbocycles. The molecular weight excluding hydrogens is 278 g/mol. The molecule has 0 saturated heterocycles. The van der Waals surface area contributed by atoms with E-state index in [1.165, 1.54) is 7.11 Å². The van der Waals surface area contributed by atoms with E-state index in [1.807, 2.05) is 37.3 Å². The molecule has 0 spiro atoms. The summed E-state index contributed by atoms with van der Waals surface area (Å²) in [6.45, 7) is 1.94. The maximum absolute atomic E-state index is 12.8. The molecule has 110 valence electrons. The van der Waals surface area contributed by atoms with Crippen molar-refractivity contribution in [3.63, 3.8) is 0 Å². The Hall–Kier alpha value is -2.88. The molecule has 0 N–H and O–H groups in total. The lowest BCUT2D eigenvalue weighted by Gasteiger charge is -2.03. The topological polar surface area (TPSA) is 47.8 Å². The van der Waals surface area contributed by atoms with E-state index in [0.717, 1.165) is 5.56 Å². The molecule has 0 aliphatic rings. The van der Waals surface area contributed by atoms with Crippen molar-refractivity contribution < 1.29 is 14.3 Å². The number of hydrogen-bond donors (Lipinski definition) is 0. The number of hydrogen-bond acceptors (Lipinski definition) is 3. The molecule has 22 heavy (non-hydrogen) atoms. The van der Waals surface area contributed by atoms with Gasteiger partial charge >= 0.3 is 5.97 Å². The van der Waals surface area contributed by atoms with Crippen molar-refractivity contribution >= 4 is 17.3 Å². The second-order valence-corrected chi connectivity index (χ2v) is 5.09. The van der Waals surface area contributed by atoms with Gasteiger partial charge in [0.1, 0.15) is 0 Å². The molecule has 0 unspecified atom stereocenters. The number of methoxy groups -OCH3 is 1. The summed E-state index contributed by atoms with van der Waals surface area (Å²) in [5.41, 5.74) is 3.10. The van der Waals surface area contributed by atoms with Gasteiger partial charge in [-0.05, 0) is 31.2 Å². The number of carbonyl (C=O) groups excluding carboxylic acids is 2. The Balaban J connectivity index is 2.19. The van der Waals surface area contributed by atoms with E-state index >= 15 is 0 Å². The molecular formula is C18H15NO3. The number of pyridine rings is 1. The quantitative estimate of drug-likeness (QED) is 0.550. The van der Waals surface area contributed by atoms with Crippen LogP contribution in [-0.4, -0.2) is 23.3 Å². The normalized spacial score (nSPS) is 10.6. The number of aryl methyl sites for hydroxylation is 1. The predicted octanol–water partition coefficient (Wildman–Crippen LogP) is 3.27. The third-order valence-corrected chi connectivity index (χ3v) is 3.59. The van der Waals surface area contributed by atoms with Crippen LogP contribution in [0.5, 0.6) is 0 Å². The average Bonchev–Trinajstić information content (AvgIpc) is 2.93. The van der Waals surface area contributed by atoms with E-state index in [1.54, 1.807) is 28.8 Å². The van der Waals surface area contributed by atoms with Crippen molar-refractivity contribution in [2.24, 2.45) is 0 Å². The molecule has 0 atom stereocenters. The van der Waals surface area contributed by atoms with Crippen LogP contribution in [0.3, 0.4) is 0 Å². The van der Waals surface area contributed by atoms with Gasteiger partial charge in [0.2, 0.25) is 5.78 Å². The van der Waals surface area contributed by atoms with E-state index < -0.39 is 5.97 Å². The van der Waals surface area contributed by atoms with Gasteiger partial charge in [-0.1, -0.05) is 29.8 Å². The molecule has 4 heteroatoms. The fourth-order valence-corrected chi connectivity index (χ4v) is 2.54. The van der Waals surface area contributed by atoms with Crippen LogP contribution in [0.4, 0.5) is 0 Å². The van der Waals surface area contributed by atoms with E-state index in [0.29, 0.717) is 22.3 Å². The number of benzene rings is 1. The minimum absolute atomic E-state index is 0.125. The van der Waals surface area contributed by atoms with Gasteiger partial charge in [0, 0.05) is 11.8 Å². The Morgan fingerprint density at radius 1 is 1.05 bits per heavy atom. The van der Waals surface area contributed by atoms with E-state index in [-0.39, 0.29) is 5.78 Å². The van der Waals surface area contributed by atoms with Crippen LogP contribution in [0, 0.1) is 6.92 Å². The maximum atomic E-state index is 12.8. The zero-order valence-electron chi connectivity index (χ0n) is 12.4. The summed E-state index contributed by atoms with van der Waals surface area (Å²) in [4.78, 5) is 24.7. The molecule has 0 amide bonds. The highest BCUT2D eigenvalue weighted by atomic mass is 16.5. The summed E-state index contributed by atoms with van der Waals surface area (Å²) < 4.78 is 6.52. The summed E-state index contributed by atoms with van der Waals surface area (Å²) in [6.07, 6.45) is 1.77. The van der Waals surface area contributed by atoms with Crippen LogP contribution in [0.15, 0.2) is 54.7 Å². The lowest BCUT2D eigenvalue weighted by molar-refractivity contribution is 0.0603. The van der Waals surface area contributed by atoms with Gasteiger partial charge in [-0.15, -0.1) is 0 Å². The highest BCUT2D eigenvalue weighted by molar-refractivity contribution is 6.11. The SMILES string of the molecule is COC(=O)c1cc(C(=O)c2cccc(C)c2)n2ccccc12. The van der Waals surface area contributed by atoms with Gasteiger partial charge in [-0.3, -0.25) is 4.79 Å². The smallest absolute Gasteiger partial charge is 0.340 e. The molecule has 4 nitrogen and oxygen atoms in total. The van der Waals surface area contributed by atoms with E-state index in [9.17, 15) is 9.59 Å². The van der Waals surface area contributed by atoms with Crippen LogP contribution in [-0.2, 0) is 4.74 Å². The summed E-state index contributed by atoms with van der Waals surface area (Å²) in [6, 6.07) is 14.4. The largest absolute Gasteiger partial charge is 0.465 e. The first-order valence-electron chi connectivity index (χ1n) is 6.91. The Morgan fingerprint density at radius 2 is 1.86 bits per heavy atom. The van der Waals surface area contributed by atoms with Gasteiger partial charge in [-0.2, -0.15) is 0 Å². The summed E-state index contributed by atoms with van der Waals surface area (Å²) in [5.74, 6) is -0.577. The molecule has 0 radical (unpaired) electrons. The average molecular weight is 293 g/mol. The van der Waals surface area contributed by atoms with Gasteiger partial charge in [0.25, 0.3) is 0 Å². The molecule has 1 aromatic carbocycles. The number of carbonyl (C=O) groups is 2. The summed E-state index contributed by atoms with van der Waals surface area (Å²) >= 11 is 0. The molecule has 2 aromatic heterocycles. The number of ether oxygens (including phenoxy) is 1. The van der Waals surface area contributed by atoms with Crippen molar-refractivity contribution in [2.75, 3.05) is 7.11 Å². The van der Waals surface area contributed by atoms with E-state index in [2.05, 4.69) is 0 Å². The zero-order valence-corrected chi connectivity index (χ0v) is 12.4. The molecule has 0 aliphatic heterocycles. The Labute approximate surface area is 128 Å². The summed E-state index contributed by atoms with van der Waals surface area (Å²) in [7, 11) is 1.33. The van der Waals surface area contributed by atoms with Gasteiger partial charge in [0.15, 0.2) is 0 Å². The first-order valence-corrected chi connectivity index (χ1v) is 6.91. The Bertz CT molecular complexity index is 877. The number of ketones is 1. The fourth-order valence-electron chi connectivity index (χ4n) is 2.54. The highest BCUT2D eigenvalue weighted by Crippen LogP contribution is 2.21. The zero-order chi connectivity index (χ0) is 15.7. The first kappa shape index (κ1) is 14.1. The second kappa shape index (κ2) is 5.48. The maximum Gasteiger partial charge on any atom is 0.340 e. The van der Waals surface area contributed by atoms with Crippen LogP contribution in [0.25, 0.3) is 5.52 Å². The van der Waals surface area contributed by atoms with Crippen molar-refractivity contribution in [3.8, 4) is 0 Å². The number of rotatable bonds is 3. The van der Waals surface area contributed by atoms with Crippen molar-refractivity contribution in [3.05, 3.63) is 77.1 Å². The number of nitrogens with zero attached hydrogens (tertiary/aromatic N) is 1. The minimum atomic E-state index is -0.452. The van der Waals surface area contributed by atoms with Crippen LogP contribution >= 0.6 is 0 Å². The van der Waals surface area contributed by atoms with Gasteiger partial charge in [0.05, 0.1) is 23.9 Å². The lowest BCUT2D eigenvalue weighted by atomic mass is 10.1. The van der Waals surface area contributed by atoms with Crippen LogP contribution < -0.4 is 0 Å². The Morgan fingerprint density at radius 3 is 2.59 bits per heavy atom. The molecule has 0 saturated carbocycles. The van der Waals surface area contributed by atoms with Crippen LogP contribution in [0.2, 0.25) is 0 Å². The molecule has 0 bridgehead atoms. The highest BCUT2D eigenvalue weighted by Gasteiger charge is 2.20. The van der Waals surface area contributed by atoms with E-state index in [4.69, 9.17) is 4.74 Å². The number of fused-ring (bicyclic) bond motifs is 1. The number of aromatic nitrogens is 1. The van der Waals surface area contributed by atoms with Crippen molar-refractivity contribution in [1.29, 1.82) is 0 Å².